The molecule has 0 aliphatic carbocycles. The highest BCUT2D eigenvalue weighted by Crippen LogP contribution is 2.38. The minimum Gasteiger partial charge on any atom is -0.490 e. The van der Waals surface area contributed by atoms with Crippen molar-refractivity contribution in [3.05, 3.63) is 90.3 Å². The maximum absolute atomic E-state index is 13.6. The molecule has 1 unspecified atom stereocenters. The first-order valence-electron chi connectivity index (χ1n) is 14.0. The molecular weight excluding hydrogens is 652 g/mol. The number of hydrogen-bond donors (Lipinski definition) is 3. The van der Waals surface area contributed by atoms with E-state index in [9.17, 15) is 31.1 Å². The second-order valence-corrected chi connectivity index (χ2v) is 11.1. The lowest BCUT2D eigenvalue weighted by atomic mass is 10.0. The van der Waals surface area contributed by atoms with E-state index >= 15 is 0 Å². The Balaban J connectivity index is 0.000000771. The highest BCUT2D eigenvalue weighted by molar-refractivity contribution is 8.00. The van der Waals surface area contributed by atoms with E-state index < -0.39 is 29.6 Å². The van der Waals surface area contributed by atoms with E-state index in [1.807, 2.05) is 45.0 Å². The Hall–Kier alpha value is -4.66. The van der Waals surface area contributed by atoms with Gasteiger partial charge in [0.25, 0.3) is 0 Å². The third-order valence-electron chi connectivity index (χ3n) is 6.07. The summed E-state index contributed by atoms with van der Waals surface area (Å²) in [5, 5.41) is 15.1. The first-order valence-corrected chi connectivity index (χ1v) is 14.8. The monoisotopic (exact) mass is 683 g/mol. The summed E-state index contributed by atoms with van der Waals surface area (Å²) in [4.78, 5) is 26.7. The fourth-order valence-electron chi connectivity index (χ4n) is 4.12. The van der Waals surface area contributed by atoms with Gasteiger partial charge in [-0.1, -0.05) is 30.3 Å². The van der Waals surface area contributed by atoms with E-state index in [0.29, 0.717) is 34.9 Å². The molecule has 1 heterocycles. The molecule has 0 saturated carbocycles. The number of fused-ring (bicyclic) bond motifs is 1. The minimum atomic E-state index is -5.08. The van der Waals surface area contributed by atoms with Crippen LogP contribution in [0.15, 0.2) is 84.0 Å². The SMILES string of the molecule is CCOc1cc(C(Nc2ccc3cnccc3c2)C(=O)NCc2ccccc2SC(F)(F)F)ccc1OC(C)C.O=C(O)C(F)(F)F. The van der Waals surface area contributed by atoms with Crippen LogP contribution in [0.5, 0.6) is 11.5 Å². The van der Waals surface area contributed by atoms with Crippen LogP contribution in [0.25, 0.3) is 10.8 Å². The predicted molar refractivity (Wildman–Crippen MR) is 165 cm³/mol. The number of aliphatic carboxylic acids is 1. The van der Waals surface area contributed by atoms with Crippen molar-refractivity contribution in [2.75, 3.05) is 11.9 Å². The van der Waals surface area contributed by atoms with Crippen molar-refractivity contribution in [2.45, 2.75) is 56.0 Å². The average molecular weight is 684 g/mol. The zero-order chi connectivity index (χ0) is 34.8. The number of rotatable bonds is 11. The third kappa shape index (κ3) is 11.6. The van der Waals surface area contributed by atoms with Crippen LogP contribution >= 0.6 is 11.8 Å². The number of nitrogens with one attached hydrogen (secondary N) is 2. The van der Waals surface area contributed by atoms with Crippen molar-refractivity contribution < 1.29 is 50.5 Å². The van der Waals surface area contributed by atoms with Crippen molar-refractivity contribution in [2.24, 2.45) is 0 Å². The Bertz CT molecular complexity index is 1670. The maximum atomic E-state index is 13.6. The summed E-state index contributed by atoms with van der Waals surface area (Å²) in [6, 6.07) is 18.1. The number of thioether (sulfide) groups is 1. The van der Waals surface area contributed by atoms with E-state index in [1.54, 1.807) is 42.7 Å². The van der Waals surface area contributed by atoms with E-state index in [0.717, 1.165) is 10.8 Å². The van der Waals surface area contributed by atoms with Crippen molar-refractivity contribution in [1.82, 2.24) is 10.3 Å². The van der Waals surface area contributed by atoms with Crippen LogP contribution in [-0.4, -0.2) is 46.4 Å². The summed E-state index contributed by atoms with van der Waals surface area (Å²) in [7, 11) is 0. The summed E-state index contributed by atoms with van der Waals surface area (Å²) in [5.41, 5.74) is -2.78. The molecule has 4 rings (SSSR count). The number of halogens is 6. The minimum absolute atomic E-state index is 0.0387. The molecule has 0 saturated heterocycles. The number of carboxylic acids is 1. The molecule has 8 nitrogen and oxygen atoms in total. The number of pyridine rings is 1. The van der Waals surface area contributed by atoms with E-state index in [-0.39, 0.29) is 29.3 Å². The van der Waals surface area contributed by atoms with Gasteiger partial charge in [-0.05, 0) is 85.4 Å². The number of benzene rings is 3. The van der Waals surface area contributed by atoms with Gasteiger partial charge in [-0.25, -0.2) is 4.79 Å². The topological polar surface area (TPSA) is 110 Å². The van der Waals surface area contributed by atoms with Gasteiger partial charge < -0.3 is 25.2 Å². The van der Waals surface area contributed by atoms with Crippen LogP contribution in [0.4, 0.5) is 32.0 Å². The van der Waals surface area contributed by atoms with Crippen LogP contribution in [0, 0.1) is 0 Å². The summed E-state index contributed by atoms with van der Waals surface area (Å²) in [6.45, 7) is 5.99. The zero-order valence-electron chi connectivity index (χ0n) is 25.3. The number of nitrogens with zero attached hydrogens (tertiary/aromatic N) is 1. The molecule has 0 radical (unpaired) electrons. The van der Waals surface area contributed by atoms with E-state index in [1.165, 1.54) is 12.1 Å². The van der Waals surface area contributed by atoms with Crippen LogP contribution in [0.1, 0.15) is 37.9 Å². The predicted octanol–water partition coefficient (Wildman–Crippen LogP) is 8.14. The first kappa shape index (κ1) is 36.8. The third-order valence-corrected chi connectivity index (χ3v) is 6.92. The Kier molecular flexibility index (Phi) is 12.7. The van der Waals surface area contributed by atoms with Crippen LogP contribution in [-0.2, 0) is 16.1 Å². The molecule has 3 N–H and O–H groups in total. The standard InChI is InChI=1S/C30H30F3N3O3S.C2HF3O2/c1-4-38-26-16-21(10-12-25(26)39-19(2)3)28(36-24-11-9-22-17-34-14-13-20(22)15-24)29(37)35-18-23-7-5-6-8-27(23)40-30(31,32)33;3-2(4,5)1(6)7/h5-17,19,28,36H,4,18H2,1-3H3,(H,35,37);(H,6,7). The Morgan fingerprint density at radius 1 is 0.936 bits per heavy atom. The lowest BCUT2D eigenvalue weighted by molar-refractivity contribution is -0.192. The number of carbonyl (C=O) groups is 2. The number of carbonyl (C=O) groups excluding carboxylic acids is 1. The summed E-state index contributed by atoms with van der Waals surface area (Å²) in [6.07, 6.45) is -1.72. The number of anilines is 1. The molecule has 1 amide bonds. The molecule has 1 aromatic heterocycles. The molecule has 0 aliphatic rings. The average Bonchev–Trinajstić information content (AvgIpc) is 2.99. The Labute approximate surface area is 270 Å². The normalized spacial score (nSPS) is 12.1. The summed E-state index contributed by atoms with van der Waals surface area (Å²) in [5.74, 6) is -2.13. The van der Waals surface area contributed by atoms with Crippen molar-refractivity contribution in [3.8, 4) is 11.5 Å². The fraction of sp³-hybridized carbons (Fsp3) is 0.281. The van der Waals surface area contributed by atoms with Gasteiger partial charge in [0.15, 0.2) is 11.5 Å². The van der Waals surface area contributed by atoms with Crippen LogP contribution in [0.3, 0.4) is 0 Å². The maximum Gasteiger partial charge on any atom is 0.490 e. The lowest BCUT2D eigenvalue weighted by Gasteiger charge is -2.23. The lowest BCUT2D eigenvalue weighted by Crippen LogP contribution is -2.33. The fourth-order valence-corrected chi connectivity index (χ4v) is 4.79. The van der Waals surface area contributed by atoms with Crippen molar-refractivity contribution in [1.29, 1.82) is 0 Å². The van der Waals surface area contributed by atoms with E-state index in [2.05, 4.69) is 15.6 Å². The molecule has 1 atom stereocenters. The van der Waals surface area contributed by atoms with E-state index in [4.69, 9.17) is 19.4 Å². The van der Waals surface area contributed by atoms with Gasteiger partial charge in [0.2, 0.25) is 5.91 Å². The Morgan fingerprint density at radius 3 is 2.28 bits per heavy atom. The molecular formula is C32H31F6N3O5S. The Morgan fingerprint density at radius 2 is 1.64 bits per heavy atom. The second kappa shape index (κ2) is 16.3. The highest BCUT2D eigenvalue weighted by atomic mass is 32.2. The number of carboxylic acid groups (broad SMARTS) is 1. The molecule has 0 spiro atoms. The van der Waals surface area contributed by atoms with Crippen molar-refractivity contribution >= 4 is 40.1 Å². The molecule has 0 aliphatic heterocycles. The van der Waals surface area contributed by atoms with Gasteiger partial charge in [0.1, 0.15) is 6.04 Å². The first-order chi connectivity index (χ1) is 22.1. The van der Waals surface area contributed by atoms with Gasteiger partial charge in [-0.15, -0.1) is 0 Å². The molecule has 47 heavy (non-hydrogen) atoms. The highest BCUT2D eigenvalue weighted by Gasteiger charge is 2.38. The summed E-state index contributed by atoms with van der Waals surface area (Å²) < 4.78 is 82.6. The molecule has 15 heteroatoms. The van der Waals surface area contributed by atoms with Crippen LogP contribution in [0.2, 0.25) is 0 Å². The largest absolute Gasteiger partial charge is 0.490 e. The quantitative estimate of drug-likeness (QED) is 0.107. The number of alkyl halides is 6. The molecule has 0 fully saturated rings. The van der Waals surface area contributed by atoms with Gasteiger partial charge >= 0.3 is 17.7 Å². The van der Waals surface area contributed by atoms with Gasteiger partial charge in [-0.2, -0.15) is 26.3 Å². The van der Waals surface area contributed by atoms with Gasteiger partial charge in [-0.3, -0.25) is 9.78 Å². The van der Waals surface area contributed by atoms with Crippen LogP contribution < -0.4 is 20.1 Å². The molecule has 4 aromatic rings. The molecule has 252 valence electrons. The summed E-state index contributed by atoms with van der Waals surface area (Å²) >= 11 is -0.201. The zero-order valence-corrected chi connectivity index (χ0v) is 26.1. The smallest absolute Gasteiger partial charge is 0.490 e. The number of amides is 1. The van der Waals surface area contributed by atoms with Gasteiger partial charge in [0.05, 0.1) is 12.7 Å². The molecule has 0 bridgehead atoms. The number of hydrogen-bond acceptors (Lipinski definition) is 7. The number of aromatic nitrogens is 1. The molecule has 3 aromatic carbocycles. The van der Waals surface area contributed by atoms with Gasteiger partial charge in [0, 0.05) is 34.9 Å². The van der Waals surface area contributed by atoms with Crippen molar-refractivity contribution in [3.63, 3.8) is 0 Å². The number of ether oxygens (including phenoxy) is 2. The second-order valence-electron chi connectivity index (χ2n) is 10.00.